The van der Waals surface area contributed by atoms with Gasteiger partial charge >= 0.3 is 0 Å². The number of para-hydroxylation sites is 1. The molecule has 0 fully saturated rings. The Balaban J connectivity index is 2.38. The van der Waals surface area contributed by atoms with Gasteiger partial charge in [-0.3, -0.25) is 9.36 Å². The summed E-state index contributed by atoms with van der Waals surface area (Å²) in [5, 5.41) is 0.595. The number of methoxy groups -OCH3 is 3. The monoisotopic (exact) mass is 354 g/mol. The number of aromatic nitrogens is 2. The molecule has 0 spiro atoms. The minimum absolute atomic E-state index is 0.0614. The zero-order valence-corrected chi connectivity index (χ0v) is 15.6. The van der Waals surface area contributed by atoms with E-state index in [0.717, 1.165) is 5.56 Å². The van der Waals surface area contributed by atoms with Gasteiger partial charge in [-0.25, -0.2) is 4.98 Å². The molecule has 3 rings (SSSR count). The number of benzene rings is 2. The fourth-order valence-corrected chi connectivity index (χ4v) is 3.04. The Morgan fingerprint density at radius 1 is 0.962 bits per heavy atom. The molecule has 0 aliphatic carbocycles. The van der Waals surface area contributed by atoms with Crippen molar-refractivity contribution < 1.29 is 14.2 Å². The van der Waals surface area contributed by atoms with Crippen LogP contribution in [0.15, 0.2) is 41.2 Å². The highest BCUT2D eigenvalue weighted by Gasteiger charge is 2.19. The van der Waals surface area contributed by atoms with E-state index in [2.05, 4.69) is 0 Å². The van der Waals surface area contributed by atoms with Crippen molar-refractivity contribution in [2.24, 2.45) is 0 Å². The smallest absolute Gasteiger partial charge is 0.261 e. The molecule has 0 bridgehead atoms. The zero-order chi connectivity index (χ0) is 18.8. The lowest BCUT2D eigenvalue weighted by Crippen LogP contribution is -2.25. The van der Waals surface area contributed by atoms with E-state index < -0.39 is 0 Å². The fraction of sp³-hybridized carbons (Fsp3) is 0.300. The maximum Gasteiger partial charge on any atom is 0.261 e. The van der Waals surface area contributed by atoms with Gasteiger partial charge in [-0.1, -0.05) is 12.1 Å². The lowest BCUT2D eigenvalue weighted by molar-refractivity contribution is 0.324. The molecule has 1 aromatic heterocycles. The fourth-order valence-electron chi connectivity index (χ4n) is 3.04. The molecular weight excluding hydrogens is 332 g/mol. The normalized spacial score (nSPS) is 11.0. The molecule has 0 aliphatic heterocycles. The highest BCUT2D eigenvalue weighted by Crippen LogP contribution is 2.41. The molecule has 3 aromatic rings. The van der Waals surface area contributed by atoms with Crippen LogP contribution >= 0.6 is 0 Å². The summed E-state index contributed by atoms with van der Waals surface area (Å²) in [6.45, 7) is 3.92. The van der Waals surface area contributed by atoms with Gasteiger partial charge < -0.3 is 14.2 Å². The minimum Gasteiger partial charge on any atom is -0.493 e. The second kappa shape index (κ2) is 7.07. The first-order valence-electron chi connectivity index (χ1n) is 8.33. The molecule has 0 amide bonds. The lowest BCUT2D eigenvalue weighted by atomic mass is 10.1. The van der Waals surface area contributed by atoms with Crippen molar-refractivity contribution in [3.8, 4) is 28.6 Å². The van der Waals surface area contributed by atoms with Crippen molar-refractivity contribution in [1.29, 1.82) is 0 Å². The summed E-state index contributed by atoms with van der Waals surface area (Å²) in [6, 6.07) is 10.9. The van der Waals surface area contributed by atoms with Crippen LogP contribution in [0.5, 0.6) is 17.2 Å². The van der Waals surface area contributed by atoms with Crippen molar-refractivity contribution in [1.82, 2.24) is 9.55 Å². The third-order valence-corrected chi connectivity index (χ3v) is 4.25. The molecule has 0 unspecified atom stereocenters. The molecule has 0 saturated heterocycles. The molecular formula is C20H22N2O4. The highest BCUT2D eigenvalue weighted by molar-refractivity contribution is 5.80. The largest absolute Gasteiger partial charge is 0.493 e. The Hall–Kier alpha value is -3.02. The van der Waals surface area contributed by atoms with E-state index in [0.29, 0.717) is 34.0 Å². The number of hydrogen-bond acceptors (Lipinski definition) is 5. The van der Waals surface area contributed by atoms with Crippen LogP contribution in [0.1, 0.15) is 19.9 Å². The summed E-state index contributed by atoms with van der Waals surface area (Å²) in [5.74, 6) is 2.08. The van der Waals surface area contributed by atoms with Gasteiger partial charge in [0.2, 0.25) is 5.75 Å². The molecule has 136 valence electrons. The van der Waals surface area contributed by atoms with Crippen LogP contribution in [0.25, 0.3) is 22.3 Å². The highest BCUT2D eigenvalue weighted by atomic mass is 16.5. The number of hydrogen-bond donors (Lipinski definition) is 0. The molecule has 26 heavy (non-hydrogen) atoms. The molecule has 6 nitrogen and oxygen atoms in total. The van der Waals surface area contributed by atoms with Gasteiger partial charge in [0.1, 0.15) is 5.82 Å². The van der Waals surface area contributed by atoms with Gasteiger partial charge in [0, 0.05) is 11.6 Å². The topological polar surface area (TPSA) is 62.6 Å². The first-order chi connectivity index (χ1) is 12.5. The average molecular weight is 354 g/mol. The Labute approximate surface area is 152 Å². The molecule has 0 radical (unpaired) electrons. The van der Waals surface area contributed by atoms with Crippen LogP contribution in [0.4, 0.5) is 0 Å². The molecule has 6 heteroatoms. The van der Waals surface area contributed by atoms with Gasteiger partial charge in [-0.15, -0.1) is 0 Å². The summed E-state index contributed by atoms with van der Waals surface area (Å²) in [5.41, 5.74) is 1.29. The summed E-state index contributed by atoms with van der Waals surface area (Å²) < 4.78 is 17.9. The van der Waals surface area contributed by atoms with Crippen LogP contribution in [0, 0.1) is 0 Å². The van der Waals surface area contributed by atoms with Crippen LogP contribution in [0.3, 0.4) is 0 Å². The maximum atomic E-state index is 13.0. The van der Waals surface area contributed by atoms with E-state index in [1.807, 2.05) is 32.0 Å². The molecule has 0 N–H and O–H groups in total. The average Bonchev–Trinajstić information content (AvgIpc) is 2.66. The van der Waals surface area contributed by atoms with Crippen molar-refractivity contribution >= 4 is 10.9 Å². The van der Waals surface area contributed by atoms with E-state index >= 15 is 0 Å². The Morgan fingerprint density at radius 3 is 2.12 bits per heavy atom. The maximum absolute atomic E-state index is 13.0. The van der Waals surface area contributed by atoms with Crippen LogP contribution in [-0.4, -0.2) is 30.9 Å². The Morgan fingerprint density at radius 2 is 1.58 bits per heavy atom. The van der Waals surface area contributed by atoms with Gasteiger partial charge in [-0.2, -0.15) is 0 Å². The van der Waals surface area contributed by atoms with Crippen LogP contribution < -0.4 is 19.8 Å². The zero-order valence-electron chi connectivity index (χ0n) is 15.6. The van der Waals surface area contributed by atoms with Crippen LogP contribution in [-0.2, 0) is 0 Å². The second-order valence-corrected chi connectivity index (χ2v) is 6.14. The predicted octanol–water partition coefficient (Wildman–Crippen LogP) is 3.67. The number of fused-ring (bicyclic) bond motifs is 1. The minimum atomic E-state index is -0.0747. The van der Waals surface area contributed by atoms with Gasteiger partial charge in [0.05, 0.1) is 32.2 Å². The van der Waals surface area contributed by atoms with E-state index in [9.17, 15) is 4.79 Å². The third kappa shape index (κ3) is 2.87. The first-order valence-corrected chi connectivity index (χ1v) is 8.33. The molecule has 0 aliphatic rings. The van der Waals surface area contributed by atoms with Gasteiger partial charge in [0.15, 0.2) is 11.5 Å². The third-order valence-electron chi connectivity index (χ3n) is 4.25. The van der Waals surface area contributed by atoms with Crippen molar-refractivity contribution in [3.05, 3.63) is 46.8 Å². The lowest BCUT2D eigenvalue weighted by Gasteiger charge is -2.19. The first kappa shape index (κ1) is 17.8. The van der Waals surface area contributed by atoms with Gasteiger partial charge in [-0.05, 0) is 38.1 Å². The van der Waals surface area contributed by atoms with Gasteiger partial charge in [0.25, 0.3) is 5.56 Å². The molecule has 0 atom stereocenters. The quantitative estimate of drug-likeness (QED) is 0.699. The standard InChI is InChI=1S/C20H22N2O4/c1-12(2)22-19(21-15-9-7-6-8-14(15)20(22)23)13-10-16(24-3)18(26-5)17(11-13)25-4/h6-12H,1-5H3. The summed E-state index contributed by atoms with van der Waals surface area (Å²) >= 11 is 0. The predicted molar refractivity (Wildman–Crippen MR) is 101 cm³/mol. The summed E-state index contributed by atoms with van der Waals surface area (Å²) in [6.07, 6.45) is 0. The Bertz CT molecular complexity index is 983. The second-order valence-electron chi connectivity index (χ2n) is 6.14. The Kier molecular flexibility index (Phi) is 4.84. The van der Waals surface area contributed by atoms with E-state index in [-0.39, 0.29) is 11.6 Å². The summed E-state index contributed by atoms with van der Waals surface area (Å²) in [4.78, 5) is 17.8. The van der Waals surface area contributed by atoms with Crippen LogP contribution in [0.2, 0.25) is 0 Å². The van der Waals surface area contributed by atoms with Crippen molar-refractivity contribution in [2.45, 2.75) is 19.9 Å². The number of nitrogens with zero attached hydrogens (tertiary/aromatic N) is 2. The number of ether oxygens (including phenoxy) is 3. The molecule has 0 saturated carbocycles. The SMILES string of the molecule is COc1cc(-c2nc3ccccc3c(=O)n2C(C)C)cc(OC)c1OC. The molecule has 2 aromatic carbocycles. The van der Waals surface area contributed by atoms with Crippen molar-refractivity contribution in [3.63, 3.8) is 0 Å². The summed E-state index contributed by atoms with van der Waals surface area (Å²) in [7, 11) is 4.67. The molecule has 1 heterocycles. The number of rotatable bonds is 5. The van der Waals surface area contributed by atoms with E-state index in [4.69, 9.17) is 19.2 Å². The van der Waals surface area contributed by atoms with E-state index in [1.54, 1.807) is 44.1 Å². The van der Waals surface area contributed by atoms with Crippen molar-refractivity contribution in [2.75, 3.05) is 21.3 Å². The van der Waals surface area contributed by atoms with E-state index in [1.165, 1.54) is 0 Å².